The maximum absolute atomic E-state index is 12.8. The molecule has 0 saturated carbocycles. The van der Waals surface area contributed by atoms with Gasteiger partial charge in [0, 0.05) is 18.8 Å². The number of carbonyl (C=O) groups excluding carboxylic acids is 2. The van der Waals surface area contributed by atoms with Crippen molar-refractivity contribution in [1.29, 1.82) is 0 Å². The lowest BCUT2D eigenvalue weighted by Gasteiger charge is -2.27. The highest BCUT2D eigenvalue weighted by Gasteiger charge is 2.21. The van der Waals surface area contributed by atoms with Crippen molar-refractivity contribution in [3.63, 3.8) is 0 Å². The molecular weight excluding hydrogens is 368 g/mol. The third-order valence-electron chi connectivity index (χ3n) is 5.15. The number of rotatable bonds is 7. The van der Waals surface area contributed by atoms with Gasteiger partial charge < -0.3 is 19.7 Å². The molecule has 2 aromatic carbocycles. The third-order valence-corrected chi connectivity index (χ3v) is 5.15. The summed E-state index contributed by atoms with van der Waals surface area (Å²) in [6.07, 6.45) is 1.07. The van der Waals surface area contributed by atoms with E-state index in [4.69, 9.17) is 9.47 Å². The van der Waals surface area contributed by atoms with Crippen LogP contribution in [0.2, 0.25) is 0 Å². The van der Waals surface area contributed by atoms with Gasteiger partial charge >= 0.3 is 0 Å². The first-order chi connectivity index (χ1) is 14.1. The summed E-state index contributed by atoms with van der Waals surface area (Å²) in [6, 6.07) is 14.9. The van der Waals surface area contributed by atoms with E-state index in [1.54, 1.807) is 29.2 Å². The molecule has 0 aromatic heterocycles. The fraction of sp³-hybridized carbons (Fsp3) is 0.391. The van der Waals surface area contributed by atoms with E-state index in [9.17, 15) is 9.59 Å². The molecule has 1 N–H and O–H groups in total. The molecule has 1 unspecified atom stereocenters. The number of amides is 2. The van der Waals surface area contributed by atoms with Crippen LogP contribution in [0.15, 0.2) is 48.5 Å². The van der Waals surface area contributed by atoms with Crippen molar-refractivity contribution in [2.24, 2.45) is 0 Å². The molecule has 2 aromatic rings. The van der Waals surface area contributed by atoms with Crippen molar-refractivity contribution in [1.82, 2.24) is 4.90 Å². The molecule has 6 nitrogen and oxygen atoms in total. The molecule has 0 radical (unpaired) electrons. The summed E-state index contributed by atoms with van der Waals surface area (Å²) in [6.45, 7) is 6.34. The Labute approximate surface area is 171 Å². The van der Waals surface area contributed by atoms with E-state index in [0.717, 1.165) is 12.1 Å². The maximum Gasteiger partial charge on any atom is 0.262 e. The first kappa shape index (κ1) is 20.9. The molecule has 2 amide bonds. The van der Waals surface area contributed by atoms with Gasteiger partial charge in [0.2, 0.25) is 0 Å². The molecule has 1 heterocycles. The molecule has 0 spiro atoms. The van der Waals surface area contributed by atoms with Crippen molar-refractivity contribution in [3.8, 4) is 5.75 Å². The van der Waals surface area contributed by atoms with Crippen LogP contribution in [-0.2, 0) is 9.53 Å². The number of carbonyl (C=O) groups is 2. The Morgan fingerprint density at radius 2 is 1.79 bits per heavy atom. The number of benzene rings is 2. The number of nitrogens with zero attached hydrogens (tertiary/aromatic N) is 1. The summed E-state index contributed by atoms with van der Waals surface area (Å²) in [5, 5.41) is 2.83. The molecule has 6 heteroatoms. The minimum atomic E-state index is -0.269. The molecule has 1 aliphatic rings. The molecule has 1 aliphatic heterocycles. The average molecular weight is 396 g/mol. The second kappa shape index (κ2) is 10.1. The van der Waals surface area contributed by atoms with Crippen LogP contribution >= 0.6 is 0 Å². The topological polar surface area (TPSA) is 67.9 Å². The van der Waals surface area contributed by atoms with E-state index in [1.807, 2.05) is 24.3 Å². The van der Waals surface area contributed by atoms with Crippen LogP contribution in [0.3, 0.4) is 0 Å². The number of ether oxygens (including phenoxy) is 2. The summed E-state index contributed by atoms with van der Waals surface area (Å²) in [5.74, 6) is 0.523. The van der Waals surface area contributed by atoms with E-state index in [2.05, 4.69) is 19.2 Å². The van der Waals surface area contributed by atoms with Crippen LogP contribution in [0.25, 0.3) is 0 Å². The minimum absolute atomic E-state index is 0.107. The van der Waals surface area contributed by atoms with E-state index in [1.165, 1.54) is 5.56 Å². The second-order valence-corrected chi connectivity index (χ2v) is 7.17. The lowest BCUT2D eigenvalue weighted by atomic mass is 9.99. The summed E-state index contributed by atoms with van der Waals surface area (Å²) in [7, 11) is 0. The Morgan fingerprint density at radius 1 is 1.10 bits per heavy atom. The summed E-state index contributed by atoms with van der Waals surface area (Å²) < 4.78 is 11.0. The quantitative estimate of drug-likeness (QED) is 0.775. The molecule has 0 bridgehead atoms. The van der Waals surface area contributed by atoms with Crippen molar-refractivity contribution in [2.45, 2.75) is 26.2 Å². The van der Waals surface area contributed by atoms with Crippen molar-refractivity contribution in [3.05, 3.63) is 59.7 Å². The molecule has 154 valence electrons. The maximum atomic E-state index is 12.8. The van der Waals surface area contributed by atoms with Crippen molar-refractivity contribution in [2.75, 3.05) is 38.2 Å². The number of para-hydroxylation sites is 1. The molecule has 1 atom stereocenters. The van der Waals surface area contributed by atoms with Crippen LogP contribution in [-0.4, -0.2) is 49.6 Å². The molecule has 29 heavy (non-hydrogen) atoms. The first-order valence-electron chi connectivity index (χ1n) is 10.1. The van der Waals surface area contributed by atoms with Gasteiger partial charge in [0.1, 0.15) is 5.75 Å². The fourth-order valence-electron chi connectivity index (χ4n) is 3.18. The zero-order valence-electron chi connectivity index (χ0n) is 17.0. The average Bonchev–Trinajstić information content (AvgIpc) is 2.78. The fourth-order valence-corrected chi connectivity index (χ4v) is 3.18. The van der Waals surface area contributed by atoms with Crippen molar-refractivity contribution < 1.29 is 19.1 Å². The van der Waals surface area contributed by atoms with Gasteiger partial charge in [-0.3, -0.25) is 9.59 Å². The number of hydrogen-bond donors (Lipinski definition) is 1. The van der Waals surface area contributed by atoms with E-state index in [-0.39, 0.29) is 18.4 Å². The largest absolute Gasteiger partial charge is 0.483 e. The number of anilines is 1. The van der Waals surface area contributed by atoms with E-state index >= 15 is 0 Å². The lowest BCUT2D eigenvalue weighted by molar-refractivity contribution is -0.118. The Kier molecular flexibility index (Phi) is 7.25. The molecular formula is C23H28N2O4. The highest BCUT2D eigenvalue weighted by atomic mass is 16.5. The Hall–Kier alpha value is -2.86. The summed E-state index contributed by atoms with van der Waals surface area (Å²) in [4.78, 5) is 26.8. The van der Waals surface area contributed by atoms with Gasteiger partial charge in [-0.25, -0.2) is 0 Å². The van der Waals surface area contributed by atoms with Gasteiger partial charge in [0.15, 0.2) is 6.61 Å². The Morgan fingerprint density at radius 3 is 2.48 bits per heavy atom. The van der Waals surface area contributed by atoms with E-state index < -0.39 is 0 Å². The highest BCUT2D eigenvalue weighted by molar-refractivity contribution is 5.97. The number of morpholine rings is 1. The second-order valence-electron chi connectivity index (χ2n) is 7.17. The van der Waals surface area contributed by atoms with Gasteiger partial charge in [-0.2, -0.15) is 0 Å². The normalized spacial score (nSPS) is 14.9. The molecule has 1 fully saturated rings. The van der Waals surface area contributed by atoms with Crippen molar-refractivity contribution >= 4 is 17.5 Å². The van der Waals surface area contributed by atoms with Gasteiger partial charge in [0.05, 0.1) is 18.8 Å². The molecule has 1 saturated heterocycles. The summed E-state index contributed by atoms with van der Waals surface area (Å²) in [5.41, 5.74) is 2.43. The SMILES string of the molecule is CCC(C)c1ccc(NC(=O)COc2ccccc2C(=O)N2CCOCC2)cc1. The predicted molar refractivity (Wildman–Crippen MR) is 112 cm³/mol. The lowest BCUT2D eigenvalue weighted by Crippen LogP contribution is -2.40. The number of nitrogens with one attached hydrogen (secondary N) is 1. The van der Waals surface area contributed by atoms with Gasteiger partial charge in [-0.15, -0.1) is 0 Å². The Balaban J connectivity index is 1.58. The summed E-state index contributed by atoms with van der Waals surface area (Å²) >= 11 is 0. The van der Waals surface area contributed by atoms with Crippen LogP contribution in [0.5, 0.6) is 5.75 Å². The standard InChI is InChI=1S/C23H28N2O4/c1-3-17(2)18-8-10-19(11-9-18)24-22(26)16-29-21-7-5-4-6-20(21)23(27)25-12-14-28-15-13-25/h4-11,17H,3,12-16H2,1-2H3,(H,24,26). The van der Waals surface area contributed by atoms with Gasteiger partial charge in [-0.05, 0) is 42.2 Å². The zero-order chi connectivity index (χ0) is 20.6. The zero-order valence-corrected chi connectivity index (χ0v) is 17.0. The Bertz CT molecular complexity index is 829. The van der Waals surface area contributed by atoms with Gasteiger partial charge in [0.25, 0.3) is 11.8 Å². The highest BCUT2D eigenvalue weighted by Crippen LogP contribution is 2.22. The van der Waals surface area contributed by atoms with Crippen LogP contribution in [0.4, 0.5) is 5.69 Å². The van der Waals surface area contributed by atoms with Crippen LogP contribution in [0, 0.1) is 0 Å². The van der Waals surface area contributed by atoms with E-state index in [0.29, 0.717) is 43.5 Å². The monoisotopic (exact) mass is 396 g/mol. The minimum Gasteiger partial charge on any atom is -0.483 e. The smallest absolute Gasteiger partial charge is 0.262 e. The van der Waals surface area contributed by atoms with Crippen LogP contribution in [0.1, 0.15) is 42.1 Å². The molecule has 0 aliphatic carbocycles. The van der Waals surface area contributed by atoms with Gasteiger partial charge in [-0.1, -0.05) is 38.1 Å². The van der Waals surface area contributed by atoms with Crippen LogP contribution < -0.4 is 10.1 Å². The first-order valence-corrected chi connectivity index (χ1v) is 10.1. The molecule has 3 rings (SSSR count). The predicted octanol–water partition coefficient (Wildman–Crippen LogP) is 3.69. The number of hydrogen-bond acceptors (Lipinski definition) is 4. The third kappa shape index (κ3) is 5.57.